The SMILES string of the molecule is C=CC[Si](C)(C)CCC[Si](CCCN1CCN(C)C1)(CCC[Si](C)(C)CC=C)CCC[Si](C)(C)CC=C. The van der Waals surface area contributed by atoms with Crippen LogP contribution in [0.2, 0.25) is 99.7 Å². The van der Waals surface area contributed by atoms with Gasteiger partial charge in [0, 0.05) is 13.1 Å². The minimum atomic E-state index is -1.30. The third-order valence-electron chi connectivity index (χ3n) is 9.19. The van der Waals surface area contributed by atoms with Crippen LogP contribution in [0.4, 0.5) is 0 Å². The second-order valence-electron chi connectivity index (χ2n) is 15.0. The summed E-state index contributed by atoms with van der Waals surface area (Å²) >= 11 is 0. The van der Waals surface area contributed by atoms with Gasteiger partial charge in [-0.2, -0.15) is 0 Å². The van der Waals surface area contributed by atoms with Crippen molar-refractivity contribution in [3.05, 3.63) is 38.0 Å². The zero-order valence-electron chi connectivity index (χ0n) is 26.5. The third-order valence-corrected chi connectivity index (χ3v) is 24.2. The van der Waals surface area contributed by atoms with Crippen LogP contribution in [-0.2, 0) is 0 Å². The van der Waals surface area contributed by atoms with Crippen LogP contribution in [-0.4, -0.2) is 75.4 Å². The van der Waals surface area contributed by atoms with Gasteiger partial charge in [0.2, 0.25) is 0 Å². The van der Waals surface area contributed by atoms with Crippen molar-refractivity contribution in [3.8, 4) is 0 Å². The summed E-state index contributed by atoms with van der Waals surface area (Å²) in [6.07, 6.45) is 12.5. The maximum Gasteiger partial charge on any atom is 0.0535 e. The van der Waals surface area contributed by atoms with Gasteiger partial charge in [-0.25, -0.2) is 0 Å². The van der Waals surface area contributed by atoms with Crippen molar-refractivity contribution >= 4 is 32.3 Å². The maximum atomic E-state index is 4.07. The summed E-state index contributed by atoms with van der Waals surface area (Å²) in [6.45, 7) is 32.8. The highest BCUT2D eigenvalue weighted by Crippen LogP contribution is 2.37. The van der Waals surface area contributed by atoms with Gasteiger partial charge in [0.25, 0.3) is 0 Å². The van der Waals surface area contributed by atoms with Crippen LogP contribution < -0.4 is 0 Å². The molecule has 2 nitrogen and oxygen atoms in total. The summed E-state index contributed by atoms with van der Waals surface area (Å²) in [5.41, 5.74) is 0. The number of hydrogen-bond acceptors (Lipinski definition) is 2. The smallest absolute Gasteiger partial charge is 0.0535 e. The van der Waals surface area contributed by atoms with Crippen LogP contribution in [0.1, 0.15) is 25.7 Å². The molecule has 0 saturated carbocycles. The minimum Gasteiger partial charge on any atom is -0.292 e. The highest BCUT2D eigenvalue weighted by atomic mass is 28.3. The molecule has 0 aromatic carbocycles. The summed E-state index contributed by atoms with van der Waals surface area (Å²) in [4.78, 5) is 5.19. The number of hydrogen-bond donors (Lipinski definition) is 0. The van der Waals surface area contributed by atoms with Crippen LogP contribution in [0.15, 0.2) is 38.0 Å². The summed E-state index contributed by atoms with van der Waals surface area (Å²) in [7, 11) is -2.40. The first kappa shape index (κ1) is 35.0. The van der Waals surface area contributed by atoms with Gasteiger partial charge < -0.3 is 0 Å². The van der Waals surface area contributed by atoms with Crippen LogP contribution in [0.3, 0.4) is 0 Å². The third kappa shape index (κ3) is 15.4. The Hall–Kier alpha value is 0.00753. The normalized spacial score (nSPS) is 16.3. The molecule has 1 aliphatic heterocycles. The molecule has 0 N–H and O–H groups in total. The largest absolute Gasteiger partial charge is 0.292 e. The van der Waals surface area contributed by atoms with Gasteiger partial charge in [-0.3, -0.25) is 9.80 Å². The lowest BCUT2D eigenvalue weighted by Crippen LogP contribution is -2.37. The second-order valence-corrected chi connectivity index (χ2v) is 35.7. The average Bonchev–Trinajstić information content (AvgIpc) is 3.18. The monoisotopic (exact) mass is 578 g/mol. The van der Waals surface area contributed by atoms with Gasteiger partial charge in [-0.05, 0) is 38.1 Å². The Morgan fingerprint density at radius 1 is 0.568 bits per heavy atom. The molecule has 216 valence electrons. The van der Waals surface area contributed by atoms with E-state index in [1.54, 1.807) is 24.2 Å². The molecule has 0 amide bonds. The van der Waals surface area contributed by atoms with Crippen molar-refractivity contribution in [1.29, 1.82) is 0 Å². The lowest BCUT2D eigenvalue weighted by Gasteiger charge is -2.36. The average molecular weight is 579 g/mol. The van der Waals surface area contributed by atoms with E-state index in [-0.39, 0.29) is 0 Å². The molecular weight excluding hydrogens is 513 g/mol. The number of nitrogens with zero attached hydrogens (tertiary/aromatic N) is 2. The van der Waals surface area contributed by atoms with Gasteiger partial charge in [0.15, 0.2) is 0 Å². The zero-order chi connectivity index (χ0) is 28.0. The van der Waals surface area contributed by atoms with Gasteiger partial charge in [0.1, 0.15) is 0 Å². The molecule has 0 bridgehead atoms. The second kappa shape index (κ2) is 17.0. The molecule has 0 aliphatic carbocycles. The summed E-state index contributed by atoms with van der Waals surface area (Å²) < 4.78 is 0. The molecule has 1 aliphatic rings. The minimum absolute atomic E-state index is 1.13. The molecule has 1 heterocycles. The van der Waals surface area contributed by atoms with Crippen LogP contribution in [0, 0.1) is 0 Å². The highest BCUT2D eigenvalue weighted by molar-refractivity contribution is 6.82. The molecule has 0 unspecified atom stereocenters. The molecule has 0 aromatic heterocycles. The van der Waals surface area contributed by atoms with Gasteiger partial charge in [-0.15, -0.1) is 19.7 Å². The number of likely N-dealkylation sites (N-methyl/N-ethyl adjacent to an activating group) is 1. The molecule has 1 saturated heterocycles. The fourth-order valence-corrected chi connectivity index (χ4v) is 19.3. The lowest BCUT2D eigenvalue weighted by atomic mass is 10.4. The van der Waals surface area contributed by atoms with E-state index < -0.39 is 32.3 Å². The Labute approximate surface area is 238 Å². The molecule has 1 fully saturated rings. The highest BCUT2D eigenvalue weighted by Gasteiger charge is 2.34. The Morgan fingerprint density at radius 3 is 1.27 bits per heavy atom. The standard InChI is InChI=1S/C31H66N2Si4/c1-11-21-34(5,6)24-15-28-37(29-16-25-35(7,8)22-12-2,30-17-26-36(9,10)23-13-3)27-14-18-33-20-19-32(4)31-33/h11-13H,1-3,14-31H2,4-10H3. The van der Waals surface area contributed by atoms with Crippen LogP contribution in [0.5, 0.6) is 0 Å². The van der Waals surface area contributed by atoms with E-state index in [1.165, 1.54) is 88.3 Å². The molecule has 1 rings (SSSR count). The summed E-state index contributed by atoms with van der Waals surface area (Å²) in [6, 6.07) is 14.7. The Morgan fingerprint density at radius 2 is 0.946 bits per heavy atom. The molecule has 37 heavy (non-hydrogen) atoms. The molecule has 0 atom stereocenters. The fraction of sp³-hybridized carbons (Fsp3) is 0.806. The predicted molar refractivity (Wildman–Crippen MR) is 184 cm³/mol. The molecule has 0 spiro atoms. The molecular formula is C31H66N2Si4. The summed E-state index contributed by atoms with van der Waals surface area (Å²) in [5.74, 6) is 0. The molecule has 0 radical (unpaired) electrons. The van der Waals surface area contributed by atoms with Crippen molar-refractivity contribution < 1.29 is 0 Å². The van der Waals surface area contributed by atoms with Crippen molar-refractivity contribution in [2.75, 3.05) is 33.4 Å². The topological polar surface area (TPSA) is 6.48 Å². The first-order chi connectivity index (χ1) is 17.3. The van der Waals surface area contributed by atoms with Crippen molar-refractivity contribution in [3.63, 3.8) is 0 Å². The first-order valence-electron chi connectivity index (χ1n) is 15.5. The van der Waals surface area contributed by atoms with Gasteiger partial charge >= 0.3 is 0 Å². The van der Waals surface area contributed by atoms with E-state index in [9.17, 15) is 0 Å². The summed E-state index contributed by atoms with van der Waals surface area (Å²) in [5, 5.41) is 0. The molecule has 0 aromatic rings. The zero-order valence-corrected chi connectivity index (χ0v) is 30.5. The van der Waals surface area contributed by atoms with Crippen molar-refractivity contribution in [2.24, 2.45) is 0 Å². The Kier molecular flexibility index (Phi) is 16.1. The first-order valence-corrected chi connectivity index (χ1v) is 28.6. The quantitative estimate of drug-likeness (QED) is 0.0931. The number of allylic oxidation sites excluding steroid dienone is 3. The van der Waals surface area contributed by atoms with Crippen molar-refractivity contribution in [1.82, 2.24) is 9.80 Å². The van der Waals surface area contributed by atoms with Gasteiger partial charge in [-0.1, -0.05) is 119 Å². The Bertz CT molecular complexity index is 605. The van der Waals surface area contributed by atoms with E-state index in [0.29, 0.717) is 0 Å². The van der Waals surface area contributed by atoms with E-state index >= 15 is 0 Å². The lowest BCUT2D eigenvalue weighted by molar-refractivity contribution is 0.275. The number of rotatable bonds is 22. The van der Waals surface area contributed by atoms with Crippen LogP contribution in [0.25, 0.3) is 0 Å². The van der Waals surface area contributed by atoms with Crippen molar-refractivity contribution in [2.45, 2.75) is 125 Å². The predicted octanol–water partition coefficient (Wildman–Crippen LogP) is 9.88. The fourth-order valence-electron chi connectivity index (χ4n) is 6.71. The van der Waals surface area contributed by atoms with Crippen LogP contribution >= 0.6 is 0 Å². The molecule has 6 heteroatoms. The van der Waals surface area contributed by atoms with E-state index in [0.717, 1.165) is 0 Å². The van der Waals surface area contributed by atoms with E-state index in [2.05, 4.69) is 94.1 Å². The maximum absolute atomic E-state index is 4.07. The van der Waals surface area contributed by atoms with E-state index in [1.807, 2.05) is 0 Å². The Balaban J connectivity index is 2.98. The van der Waals surface area contributed by atoms with Gasteiger partial charge in [0.05, 0.1) is 39.0 Å². The van der Waals surface area contributed by atoms with E-state index in [4.69, 9.17) is 0 Å².